The fraction of sp³-hybridized carbons (Fsp3) is 0.625. The molecular formula is C8H15NO. The molecule has 0 aromatic carbocycles. The highest BCUT2D eigenvalue weighted by Gasteiger charge is 2.00. The van der Waals surface area contributed by atoms with Crippen LogP contribution in [0.25, 0.3) is 0 Å². The van der Waals surface area contributed by atoms with Crippen molar-refractivity contribution in [2.75, 3.05) is 0 Å². The average molecular weight is 141 g/mol. The molecular weight excluding hydrogens is 126 g/mol. The van der Waals surface area contributed by atoms with Gasteiger partial charge in [-0.1, -0.05) is 19.1 Å². The zero-order chi connectivity index (χ0) is 7.98. The summed E-state index contributed by atoms with van der Waals surface area (Å²) in [6, 6.07) is 0.211. The van der Waals surface area contributed by atoms with Gasteiger partial charge in [0.1, 0.15) is 0 Å². The molecule has 2 heteroatoms. The summed E-state index contributed by atoms with van der Waals surface area (Å²) < 4.78 is 0. The molecule has 0 saturated carbocycles. The number of carbonyl (C=O) groups is 1. The van der Waals surface area contributed by atoms with E-state index in [4.69, 9.17) is 0 Å². The Balaban J connectivity index is 3.71. The maximum Gasteiger partial charge on any atom is 0.217 e. The topological polar surface area (TPSA) is 29.1 Å². The molecule has 1 N–H and O–H groups in total. The summed E-state index contributed by atoms with van der Waals surface area (Å²) in [5.74, 6) is 0.0324. The Kier molecular flexibility index (Phi) is 4.63. The van der Waals surface area contributed by atoms with Crippen LogP contribution in [0, 0.1) is 0 Å². The van der Waals surface area contributed by atoms with Crippen molar-refractivity contribution in [1.29, 1.82) is 0 Å². The van der Waals surface area contributed by atoms with Crippen molar-refractivity contribution >= 4 is 5.91 Å². The highest BCUT2D eigenvalue weighted by atomic mass is 16.1. The highest BCUT2D eigenvalue weighted by Crippen LogP contribution is 1.91. The monoisotopic (exact) mass is 141 g/mol. The first kappa shape index (κ1) is 9.21. The number of hydrogen-bond donors (Lipinski definition) is 1. The SMILES string of the molecule is C/C=C/[C@@H](CC)NC(C)=O. The van der Waals surface area contributed by atoms with Crippen LogP contribution in [-0.4, -0.2) is 11.9 Å². The lowest BCUT2D eigenvalue weighted by atomic mass is 10.2. The number of hydrogen-bond acceptors (Lipinski definition) is 1. The molecule has 0 unspecified atom stereocenters. The summed E-state index contributed by atoms with van der Waals surface area (Å²) in [7, 11) is 0. The second kappa shape index (κ2) is 5.03. The van der Waals surface area contributed by atoms with E-state index in [9.17, 15) is 4.79 Å². The number of rotatable bonds is 3. The van der Waals surface area contributed by atoms with Gasteiger partial charge < -0.3 is 5.32 Å². The van der Waals surface area contributed by atoms with Gasteiger partial charge in [-0.05, 0) is 13.3 Å². The van der Waals surface area contributed by atoms with E-state index >= 15 is 0 Å². The predicted molar refractivity (Wildman–Crippen MR) is 42.7 cm³/mol. The van der Waals surface area contributed by atoms with E-state index in [2.05, 4.69) is 5.32 Å². The molecule has 0 spiro atoms. The van der Waals surface area contributed by atoms with Crippen molar-refractivity contribution < 1.29 is 4.79 Å². The van der Waals surface area contributed by atoms with Gasteiger partial charge in [-0.2, -0.15) is 0 Å². The zero-order valence-electron chi connectivity index (χ0n) is 6.85. The lowest BCUT2D eigenvalue weighted by Crippen LogP contribution is -2.30. The Hall–Kier alpha value is -0.790. The maximum atomic E-state index is 10.5. The van der Waals surface area contributed by atoms with Crippen LogP contribution in [-0.2, 0) is 4.79 Å². The summed E-state index contributed by atoms with van der Waals surface area (Å²) in [4.78, 5) is 10.5. The van der Waals surface area contributed by atoms with E-state index < -0.39 is 0 Å². The molecule has 0 bridgehead atoms. The van der Waals surface area contributed by atoms with Crippen LogP contribution >= 0.6 is 0 Å². The van der Waals surface area contributed by atoms with E-state index in [1.54, 1.807) is 0 Å². The summed E-state index contributed by atoms with van der Waals surface area (Å²) in [6.07, 6.45) is 4.88. The third-order valence-corrected chi connectivity index (χ3v) is 1.25. The largest absolute Gasteiger partial charge is 0.350 e. The van der Waals surface area contributed by atoms with Gasteiger partial charge >= 0.3 is 0 Å². The molecule has 58 valence electrons. The molecule has 0 aliphatic carbocycles. The second-order valence-electron chi connectivity index (χ2n) is 2.24. The normalized spacial score (nSPS) is 13.5. The van der Waals surface area contributed by atoms with Crippen molar-refractivity contribution in [2.45, 2.75) is 33.2 Å². The fourth-order valence-electron chi connectivity index (χ4n) is 0.780. The Morgan fingerprint density at radius 1 is 1.70 bits per heavy atom. The van der Waals surface area contributed by atoms with Gasteiger partial charge in [-0.3, -0.25) is 4.79 Å². The molecule has 0 saturated heterocycles. The van der Waals surface area contributed by atoms with Crippen molar-refractivity contribution in [3.63, 3.8) is 0 Å². The molecule has 2 nitrogen and oxygen atoms in total. The molecule has 0 heterocycles. The highest BCUT2D eigenvalue weighted by molar-refractivity contribution is 5.73. The average Bonchev–Trinajstić information content (AvgIpc) is 1.86. The molecule has 0 fully saturated rings. The van der Waals surface area contributed by atoms with E-state index in [0.29, 0.717) is 0 Å². The predicted octanol–water partition coefficient (Wildman–Crippen LogP) is 1.48. The van der Waals surface area contributed by atoms with Gasteiger partial charge in [0.25, 0.3) is 0 Å². The van der Waals surface area contributed by atoms with Crippen LogP contribution < -0.4 is 5.32 Å². The number of nitrogens with one attached hydrogen (secondary N) is 1. The van der Waals surface area contributed by atoms with E-state index in [0.717, 1.165) is 6.42 Å². The van der Waals surface area contributed by atoms with E-state index in [1.807, 2.05) is 26.0 Å². The summed E-state index contributed by atoms with van der Waals surface area (Å²) in [5, 5.41) is 2.80. The Labute approximate surface area is 62.3 Å². The van der Waals surface area contributed by atoms with Crippen LogP contribution in [0.2, 0.25) is 0 Å². The first-order valence-corrected chi connectivity index (χ1v) is 3.60. The smallest absolute Gasteiger partial charge is 0.217 e. The molecule has 0 rings (SSSR count). The quantitative estimate of drug-likeness (QED) is 0.592. The van der Waals surface area contributed by atoms with Crippen LogP contribution in [0.15, 0.2) is 12.2 Å². The minimum absolute atomic E-state index is 0.0324. The third kappa shape index (κ3) is 4.13. The Morgan fingerprint density at radius 2 is 2.30 bits per heavy atom. The Bertz CT molecular complexity index is 129. The number of allylic oxidation sites excluding steroid dienone is 1. The molecule has 0 aromatic heterocycles. The van der Waals surface area contributed by atoms with Gasteiger partial charge in [0, 0.05) is 13.0 Å². The molecule has 10 heavy (non-hydrogen) atoms. The molecule has 0 aliphatic rings. The van der Waals surface area contributed by atoms with Gasteiger partial charge in [-0.25, -0.2) is 0 Å². The molecule has 0 aliphatic heterocycles. The second-order valence-corrected chi connectivity index (χ2v) is 2.24. The standard InChI is InChI=1S/C8H15NO/c1-4-6-8(5-2)9-7(3)10/h4,6,8H,5H2,1-3H3,(H,9,10)/b6-4+/t8-/m1/s1. The lowest BCUT2D eigenvalue weighted by molar-refractivity contribution is -0.119. The molecule has 1 amide bonds. The minimum Gasteiger partial charge on any atom is -0.350 e. The van der Waals surface area contributed by atoms with Crippen LogP contribution in [0.3, 0.4) is 0 Å². The minimum atomic E-state index is 0.0324. The lowest BCUT2D eigenvalue weighted by Gasteiger charge is -2.09. The first-order chi connectivity index (χ1) is 4.70. The molecule has 1 atom stereocenters. The Morgan fingerprint density at radius 3 is 2.60 bits per heavy atom. The summed E-state index contributed by atoms with van der Waals surface area (Å²) in [5.41, 5.74) is 0. The summed E-state index contributed by atoms with van der Waals surface area (Å²) >= 11 is 0. The number of amides is 1. The zero-order valence-corrected chi connectivity index (χ0v) is 6.85. The fourth-order valence-corrected chi connectivity index (χ4v) is 0.780. The first-order valence-electron chi connectivity index (χ1n) is 3.60. The van der Waals surface area contributed by atoms with Crippen molar-refractivity contribution in [1.82, 2.24) is 5.32 Å². The maximum absolute atomic E-state index is 10.5. The van der Waals surface area contributed by atoms with Crippen molar-refractivity contribution in [3.8, 4) is 0 Å². The third-order valence-electron chi connectivity index (χ3n) is 1.25. The molecule has 0 radical (unpaired) electrons. The van der Waals surface area contributed by atoms with Crippen LogP contribution in [0.1, 0.15) is 27.2 Å². The number of carbonyl (C=O) groups excluding carboxylic acids is 1. The van der Waals surface area contributed by atoms with Gasteiger partial charge in [-0.15, -0.1) is 0 Å². The van der Waals surface area contributed by atoms with Gasteiger partial charge in [0.05, 0.1) is 0 Å². The van der Waals surface area contributed by atoms with Crippen LogP contribution in [0.4, 0.5) is 0 Å². The van der Waals surface area contributed by atoms with Crippen LogP contribution in [0.5, 0.6) is 0 Å². The van der Waals surface area contributed by atoms with Gasteiger partial charge in [0.2, 0.25) is 5.91 Å². The molecule has 0 aromatic rings. The van der Waals surface area contributed by atoms with E-state index in [1.165, 1.54) is 6.92 Å². The van der Waals surface area contributed by atoms with E-state index in [-0.39, 0.29) is 11.9 Å². The summed E-state index contributed by atoms with van der Waals surface area (Å²) in [6.45, 7) is 5.53. The van der Waals surface area contributed by atoms with Crippen molar-refractivity contribution in [2.24, 2.45) is 0 Å². The van der Waals surface area contributed by atoms with Crippen molar-refractivity contribution in [3.05, 3.63) is 12.2 Å². The van der Waals surface area contributed by atoms with Gasteiger partial charge in [0.15, 0.2) is 0 Å².